The Labute approximate surface area is 92.5 Å². The Bertz CT molecular complexity index is 368. The van der Waals surface area contributed by atoms with Gasteiger partial charge < -0.3 is 15.5 Å². The summed E-state index contributed by atoms with van der Waals surface area (Å²) in [6.45, 7) is 1.77. The maximum Gasteiger partial charge on any atom is 0.251 e. The lowest BCUT2D eigenvalue weighted by atomic mass is 10.2. The molecule has 0 saturated carbocycles. The van der Waals surface area contributed by atoms with Crippen molar-refractivity contribution in [1.82, 2.24) is 5.32 Å². The number of aromatic hydroxyl groups is 2. The number of nitrogens with one attached hydrogen (secondary N) is 1. The average Bonchev–Trinajstić information content (AvgIpc) is 2.21. The molecule has 0 aromatic heterocycles. The molecule has 0 radical (unpaired) electrons. The number of phenols is 2. The number of carbonyl (C=O) groups excluding carboxylic acids is 1. The molecule has 0 heterocycles. The summed E-state index contributed by atoms with van der Waals surface area (Å²) in [7, 11) is 0. The highest BCUT2D eigenvalue weighted by Gasteiger charge is 2.10. The van der Waals surface area contributed by atoms with Crippen LogP contribution in [-0.2, 0) is 0 Å². The van der Waals surface area contributed by atoms with Crippen LogP contribution >= 0.6 is 11.6 Å². The minimum Gasteiger partial charge on any atom is -0.504 e. The number of phenolic OH excluding ortho intramolecular Hbond substituents is 2. The van der Waals surface area contributed by atoms with Gasteiger partial charge in [0.2, 0.25) is 0 Å². The van der Waals surface area contributed by atoms with Gasteiger partial charge in [-0.25, -0.2) is 0 Å². The van der Waals surface area contributed by atoms with Gasteiger partial charge in [-0.15, -0.1) is 11.6 Å². The normalized spacial score (nSPS) is 12.1. The number of benzene rings is 1. The molecule has 1 atom stereocenters. The molecule has 3 N–H and O–H groups in total. The standard InChI is InChI=1S/C10H12ClNO3/c1-6(5-11)12-10(15)7-2-3-8(13)9(14)4-7/h2-4,6,13-14H,5H2,1H3,(H,12,15). The fraction of sp³-hybridized carbons (Fsp3) is 0.300. The number of hydrogen-bond donors (Lipinski definition) is 3. The lowest BCUT2D eigenvalue weighted by Gasteiger charge is -2.10. The van der Waals surface area contributed by atoms with Gasteiger partial charge in [-0.3, -0.25) is 4.79 Å². The van der Waals surface area contributed by atoms with E-state index in [2.05, 4.69) is 5.32 Å². The maximum atomic E-state index is 11.5. The number of halogens is 1. The van der Waals surface area contributed by atoms with Crippen LogP contribution in [0.1, 0.15) is 17.3 Å². The third-order valence-corrected chi connectivity index (χ3v) is 2.31. The van der Waals surface area contributed by atoms with Crippen LogP contribution < -0.4 is 5.32 Å². The largest absolute Gasteiger partial charge is 0.504 e. The number of rotatable bonds is 3. The monoisotopic (exact) mass is 229 g/mol. The molecule has 0 fully saturated rings. The molecule has 0 aliphatic heterocycles. The van der Waals surface area contributed by atoms with Crippen molar-refractivity contribution in [3.8, 4) is 11.5 Å². The molecule has 0 spiro atoms. The molecule has 1 aromatic carbocycles. The van der Waals surface area contributed by atoms with Gasteiger partial charge in [-0.2, -0.15) is 0 Å². The fourth-order valence-electron chi connectivity index (χ4n) is 1.01. The van der Waals surface area contributed by atoms with Crippen LogP contribution in [0.2, 0.25) is 0 Å². The number of alkyl halides is 1. The molecule has 0 aliphatic carbocycles. The van der Waals surface area contributed by atoms with Crippen molar-refractivity contribution in [2.45, 2.75) is 13.0 Å². The van der Waals surface area contributed by atoms with Crippen LogP contribution in [0.15, 0.2) is 18.2 Å². The van der Waals surface area contributed by atoms with Gasteiger partial charge >= 0.3 is 0 Å². The summed E-state index contributed by atoms with van der Waals surface area (Å²) in [5, 5.41) is 20.9. The highest BCUT2D eigenvalue weighted by atomic mass is 35.5. The van der Waals surface area contributed by atoms with E-state index in [4.69, 9.17) is 16.7 Å². The van der Waals surface area contributed by atoms with E-state index in [9.17, 15) is 9.90 Å². The van der Waals surface area contributed by atoms with Gasteiger partial charge in [0.05, 0.1) is 0 Å². The van der Waals surface area contributed by atoms with E-state index in [-0.39, 0.29) is 29.0 Å². The quantitative estimate of drug-likeness (QED) is 0.543. The summed E-state index contributed by atoms with van der Waals surface area (Å²) in [6, 6.07) is 3.74. The molecular formula is C10H12ClNO3. The van der Waals surface area contributed by atoms with Gasteiger partial charge in [0, 0.05) is 17.5 Å². The zero-order valence-corrected chi connectivity index (χ0v) is 8.95. The number of amides is 1. The Balaban J connectivity index is 2.78. The van der Waals surface area contributed by atoms with Crippen LogP contribution in [0, 0.1) is 0 Å². The van der Waals surface area contributed by atoms with Crippen molar-refractivity contribution in [2.24, 2.45) is 0 Å². The smallest absolute Gasteiger partial charge is 0.251 e. The van der Waals surface area contributed by atoms with E-state index in [1.807, 2.05) is 0 Å². The molecule has 82 valence electrons. The Kier molecular flexibility index (Phi) is 3.80. The molecule has 0 aliphatic rings. The Morgan fingerprint density at radius 2 is 2.13 bits per heavy atom. The zero-order valence-electron chi connectivity index (χ0n) is 8.20. The Morgan fingerprint density at radius 1 is 1.47 bits per heavy atom. The minimum atomic E-state index is -0.335. The summed E-state index contributed by atoms with van der Waals surface area (Å²) in [5.41, 5.74) is 0.280. The van der Waals surface area contributed by atoms with Crippen molar-refractivity contribution in [1.29, 1.82) is 0 Å². The van der Waals surface area contributed by atoms with E-state index in [1.165, 1.54) is 18.2 Å². The first-order valence-corrected chi connectivity index (χ1v) is 4.97. The van der Waals surface area contributed by atoms with Gasteiger partial charge in [-0.05, 0) is 25.1 Å². The highest BCUT2D eigenvalue weighted by Crippen LogP contribution is 2.24. The van der Waals surface area contributed by atoms with Crippen LogP contribution in [0.3, 0.4) is 0 Å². The van der Waals surface area contributed by atoms with E-state index in [0.29, 0.717) is 5.88 Å². The molecule has 1 rings (SSSR count). The van der Waals surface area contributed by atoms with Gasteiger partial charge in [0.25, 0.3) is 5.91 Å². The summed E-state index contributed by atoms with van der Waals surface area (Å²) in [6.07, 6.45) is 0. The summed E-state index contributed by atoms with van der Waals surface area (Å²) >= 11 is 5.54. The van der Waals surface area contributed by atoms with Gasteiger partial charge in [0.1, 0.15) is 0 Å². The molecule has 1 unspecified atom stereocenters. The predicted octanol–water partition coefficient (Wildman–Crippen LogP) is 1.45. The molecule has 0 bridgehead atoms. The van der Waals surface area contributed by atoms with E-state index in [0.717, 1.165) is 0 Å². The Hall–Kier alpha value is -1.42. The van der Waals surface area contributed by atoms with Crippen molar-refractivity contribution < 1.29 is 15.0 Å². The number of carbonyl (C=O) groups is 1. The minimum absolute atomic E-state index is 0.143. The van der Waals surface area contributed by atoms with Crippen molar-refractivity contribution in [3.63, 3.8) is 0 Å². The predicted molar refractivity (Wildman–Crippen MR) is 57.4 cm³/mol. The molecule has 15 heavy (non-hydrogen) atoms. The second-order valence-electron chi connectivity index (χ2n) is 3.23. The topological polar surface area (TPSA) is 69.6 Å². The molecule has 4 nitrogen and oxygen atoms in total. The first-order valence-electron chi connectivity index (χ1n) is 4.43. The maximum absolute atomic E-state index is 11.5. The third kappa shape index (κ3) is 3.02. The molecule has 1 amide bonds. The second kappa shape index (κ2) is 4.89. The summed E-state index contributed by atoms with van der Waals surface area (Å²) in [4.78, 5) is 11.5. The second-order valence-corrected chi connectivity index (χ2v) is 3.54. The summed E-state index contributed by atoms with van der Waals surface area (Å²) in [5.74, 6) is -0.591. The van der Waals surface area contributed by atoms with Crippen LogP contribution in [0.25, 0.3) is 0 Å². The van der Waals surface area contributed by atoms with Crippen LogP contribution in [0.4, 0.5) is 0 Å². The first kappa shape index (κ1) is 11.7. The zero-order chi connectivity index (χ0) is 11.4. The van der Waals surface area contributed by atoms with E-state index in [1.54, 1.807) is 6.92 Å². The molecule has 5 heteroatoms. The van der Waals surface area contributed by atoms with Gasteiger partial charge in [0.15, 0.2) is 11.5 Å². The number of hydrogen-bond acceptors (Lipinski definition) is 3. The van der Waals surface area contributed by atoms with Crippen molar-refractivity contribution >= 4 is 17.5 Å². The highest BCUT2D eigenvalue weighted by molar-refractivity contribution is 6.18. The van der Waals surface area contributed by atoms with Crippen LogP contribution in [0.5, 0.6) is 11.5 Å². The molecular weight excluding hydrogens is 218 g/mol. The van der Waals surface area contributed by atoms with Crippen molar-refractivity contribution in [3.05, 3.63) is 23.8 Å². The molecule has 1 aromatic rings. The SMILES string of the molecule is CC(CCl)NC(=O)c1ccc(O)c(O)c1. The third-order valence-electron chi connectivity index (χ3n) is 1.85. The average molecular weight is 230 g/mol. The lowest BCUT2D eigenvalue weighted by molar-refractivity contribution is 0.0943. The van der Waals surface area contributed by atoms with E-state index >= 15 is 0 Å². The molecule has 0 saturated heterocycles. The lowest BCUT2D eigenvalue weighted by Crippen LogP contribution is -2.33. The van der Waals surface area contributed by atoms with Crippen molar-refractivity contribution in [2.75, 3.05) is 5.88 Å². The first-order chi connectivity index (χ1) is 7.04. The Morgan fingerprint density at radius 3 is 2.67 bits per heavy atom. The van der Waals surface area contributed by atoms with Gasteiger partial charge in [-0.1, -0.05) is 0 Å². The summed E-state index contributed by atoms with van der Waals surface area (Å²) < 4.78 is 0. The van der Waals surface area contributed by atoms with E-state index < -0.39 is 0 Å². The fourth-order valence-corrected chi connectivity index (χ4v) is 1.09. The van der Waals surface area contributed by atoms with Crippen LogP contribution in [-0.4, -0.2) is 28.0 Å².